The van der Waals surface area contributed by atoms with Gasteiger partial charge < -0.3 is 5.32 Å². The molecule has 0 saturated heterocycles. The lowest BCUT2D eigenvalue weighted by Gasteiger charge is -2.03. The zero-order valence-electron chi connectivity index (χ0n) is 6.40. The first-order chi connectivity index (χ1) is 5.55. The normalized spacial score (nSPS) is 11.2. The summed E-state index contributed by atoms with van der Waals surface area (Å²) in [5.41, 5.74) is 0.333. The highest BCUT2D eigenvalue weighted by Crippen LogP contribution is 2.18. The SMILES string of the molecule is CNc1ccc[c]c1S(=O)(=O)O. The first-order valence-corrected chi connectivity index (χ1v) is 4.65. The molecule has 0 fully saturated rings. The van der Waals surface area contributed by atoms with Crippen LogP contribution in [0.1, 0.15) is 0 Å². The molecular weight excluding hydrogens is 178 g/mol. The standard InChI is InChI=1S/C7H8NO3S/c1-8-6-4-2-3-5-7(6)12(9,10)11/h2-4,8H,1H3,(H,9,10,11). The van der Waals surface area contributed by atoms with Crippen molar-refractivity contribution in [2.75, 3.05) is 12.4 Å². The summed E-state index contributed by atoms with van der Waals surface area (Å²) in [4.78, 5) is -0.229. The van der Waals surface area contributed by atoms with E-state index in [2.05, 4.69) is 11.4 Å². The van der Waals surface area contributed by atoms with Crippen molar-refractivity contribution in [2.45, 2.75) is 4.90 Å². The average Bonchev–Trinajstić information content (AvgIpc) is 2.03. The quantitative estimate of drug-likeness (QED) is 0.670. The van der Waals surface area contributed by atoms with E-state index in [1.165, 1.54) is 6.07 Å². The molecule has 0 spiro atoms. The molecule has 0 aliphatic carbocycles. The van der Waals surface area contributed by atoms with Gasteiger partial charge in [-0.15, -0.1) is 0 Å². The molecule has 65 valence electrons. The molecule has 0 amide bonds. The fraction of sp³-hybridized carbons (Fsp3) is 0.143. The first-order valence-electron chi connectivity index (χ1n) is 3.21. The molecule has 0 atom stereocenters. The van der Waals surface area contributed by atoms with E-state index >= 15 is 0 Å². The van der Waals surface area contributed by atoms with E-state index < -0.39 is 10.1 Å². The molecule has 0 aliphatic rings. The Bertz CT molecular complexity index is 372. The third kappa shape index (κ3) is 1.75. The van der Waals surface area contributed by atoms with Crippen molar-refractivity contribution >= 4 is 15.8 Å². The molecule has 0 aromatic heterocycles. The molecule has 1 radical (unpaired) electrons. The van der Waals surface area contributed by atoms with Crippen molar-refractivity contribution in [3.05, 3.63) is 24.3 Å². The molecule has 0 saturated carbocycles. The van der Waals surface area contributed by atoms with Crippen molar-refractivity contribution in [1.29, 1.82) is 0 Å². The van der Waals surface area contributed by atoms with E-state index in [4.69, 9.17) is 4.55 Å². The van der Waals surface area contributed by atoms with Gasteiger partial charge in [0.05, 0.1) is 5.69 Å². The van der Waals surface area contributed by atoms with Gasteiger partial charge in [0.25, 0.3) is 10.1 Å². The maximum Gasteiger partial charge on any atom is 0.297 e. The highest BCUT2D eigenvalue weighted by atomic mass is 32.2. The Morgan fingerprint density at radius 3 is 2.67 bits per heavy atom. The second-order valence-electron chi connectivity index (χ2n) is 2.14. The van der Waals surface area contributed by atoms with Gasteiger partial charge in [-0.3, -0.25) is 4.55 Å². The van der Waals surface area contributed by atoms with Gasteiger partial charge in [0.2, 0.25) is 0 Å². The van der Waals surface area contributed by atoms with Gasteiger partial charge in [0, 0.05) is 13.1 Å². The molecule has 1 rings (SSSR count). The maximum atomic E-state index is 10.7. The summed E-state index contributed by atoms with van der Waals surface area (Å²) >= 11 is 0. The van der Waals surface area contributed by atoms with E-state index in [0.717, 1.165) is 0 Å². The largest absolute Gasteiger partial charge is 0.387 e. The maximum absolute atomic E-state index is 10.7. The Morgan fingerprint density at radius 2 is 2.25 bits per heavy atom. The summed E-state index contributed by atoms with van der Waals surface area (Å²) in [7, 11) is -2.60. The van der Waals surface area contributed by atoms with E-state index in [-0.39, 0.29) is 4.90 Å². The van der Waals surface area contributed by atoms with Crippen molar-refractivity contribution < 1.29 is 13.0 Å². The van der Waals surface area contributed by atoms with Crippen LogP contribution in [0.5, 0.6) is 0 Å². The predicted octanol–water partition coefficient (Wildman–Crippen LogP) is 0.775. The van der Waals surface area contributed by atoms with Gasteiger partial charge in [-0.05, 0) is 6.07 Å². The Labute approximate surface area is 71.0 Å². The monoisotopic (exact) mass is 186 g/mol. The third-order valence-corrected chi connectivity index (χ3v) is 2.20. The summed E-state index contributed by atoms with van der Waals surface area (Å²) in [6, 6.07) is 7.01. The number of hydrogen-bond acceptors (Lipinski definition) is 3. The van der Waals surface area contributed by atoms with Crippen LogP contribution in [-0.2, 0) is 10.1 Å². The van der Waals surface area contributed by atoms with Crippen LogP contribution in [0.3, 0.4) is 0 Å². The summed E-state index contributed by atoms with van der Waals surface area (Å²) in [6.07, 6.45) is 0. The van der Waals surface area contributed by atoms with Crippen molar-refractivity contribution in [2.24, 2.45) is 0 Å². The fourth-order valence-electron chi connectivity index (χ4n) is 0.832. The third-order valence-electron chi connectivity index (χ3n) is 1.35. The van der Waals surface area contributed by atoms with E-state index in [9.17, 15) is 8.42 Å². The molecule has 2 N–H and O–H groups in total. The minimum absolute atomic E-state index is 0.229. The van der Waals surface area contributed by atoms with Crippen molar-refractivity contribution in [3.63, 3.8) is 0 Å². The minimum atomic E-state index is -4.16. The van der Waals surface area contributed by atoms with Crippen LogP contribution in [0, 0.1) is 6.07 Å². The fourth-order valence-corrected chi connectivity index (χ4v) is 1.50. The van der Waals surface area contributed by atoms with Gasteiger partial charge in [-0.2, -0.15) is 8.42 Å². The van der Waals surface area contributed by atoms with Crippen LogP contribution in [0.25, 0.3) is 0 Å². The lowest BCUT2D eigenvalue weighted by Crippen LogP contribution is -2.02. The van der Waals surface area contributed by atoms with E-state index in [1.54, 1.807) is 19.2 Å². The second kappa shape index (κ2) is 3.12. The Morgan fingerprint density at radius 1 is 1.58 bits per heavy atom. The van der Waals surface area contributed by atoms with Gasteiger partial charge in [-0.25, -0.2) is 0 Å². The summed E-state index contributed by atoms with van der Waals surface area (Å²) in [5.74, 6) is 0. The molecule has 12 heavy (non-hydrogen) atoms. The van der Waals surface area contributed by atoms with Crippen LogP contribution < -0.4 is 5.32 Å². The molecule has 0 bridgehead atoms. The molecule has 0 heterocycles. The molecular formula is C7H8NO3S. The summed E-state index contributed by atoms with van der Waals surface area (Å²) < 4.78 is 30.1. The smallest absolute Gasteiger partial charge is 0.297 e. The topological polar surface area (TPSA) is 66.4 Å². The zero-order valence-corrected chi connectivity index (χ0v) is 7.22. The van der Waals surface area contributed by atoms with Gasteiger partial charge in [0.15, 0.2) is 0 Å². The molecule has 1 aromatic carbocycles. The Balaban J connectivity index is 3.33. The Hall–Kier alpha value is -1.07. The van der Waals surface area contributed by atoms with E-state index in [1.807, 2.05) is 0 Å². The zero-order chi connectivity index (χ0) is 9.19. The van der Waals surface area contributed by atoms with Gasteiger partial charge >= 0.3 is 0 Å². The molecule has 0 unspecified atom stereocenters. The average molecular weight is 186 g/mol. The van der Waals surface area contributed by atoms with Crippen LogP contribution >= 0.6 is 0 Å². The van der Waals surface area contributed by atoms with Gasteiger partial charge in [0.1, 0.15) is 4.90 Å². The lowest BCUT2D eigenvalue weighted by molar-refractivity contribution is 0.483. The second-order valence-corrected chi connectivity index (χ2v) is 3.50. The Kier molecular flexibility index (Phi) is 2.35. The number of nitrogens with one attached hydrogen (secondary N) is 1. The summed E-state index contributed by atoms with van der Waals surface area (Å²) in [5, 5.41) is 2.63. The predicted molar refractivity (Wildman–Crippen MR) is 44.6 cm³/mol. The minimum Gasteiger partial charge on any atom is -0.387 e. The van der Waals surface area contributed by atoms with Crippen molar-refractivity contribution in [1.82, 2.24) is 0 Å². The number of benzene rings is 1. The van der Waals surface area contributed by atoms with Crippen LogP contribution in [0.15, 0.2) is 23.1 Å². The highest BCUT2D eigenvalue weighted by Gasteiger charge is 2.13. The van der Waals surface area contributed by atoms with Crippen molar-refractivity contribution in [3.8, 4) is 0 Å². The van der Waals surface area contributed by atoms with E-state index in [0.29, 0.717) is 5.69 Å². The molecule has 1 aromatic rings. The number of hydrogen-bond donors (Lipinski definition) is 2. The molecule has 0 aliphatic heterocycles. The summed E-state index contributed by atoms with van der Waals surface area (Å²) in [6.45, 7) is 0. The first kappa shape index (κ1) is 9.02. The van der Waals surface area contributed by atoms with Gasteiger partial charge in [-0.1, -0.05) is 12.1 Å². The van der Waals surface area contributed by atoms with Crippen LogP contribution in [0.4, 0.5) is 5.69 Å². The van der Waals surface area contributed by atoms with Crippen LogP contribution in [-0.4, -0.2) is 20.0 Å². The number of rotatable bonds is 2. The molecule has 4 nitrogen and oxygen atoms in total. The number of anilines is 1. The lowest BCUT2D eigenvalue weighted by atomic mass is 10.3. The highest BCUT2D eigenvalue weighted by molar-refractivity contribution is 7.86. The van der Waals surface area contributed by atoms with Crippen LogP contribution in [0.2, 0.25) is 0 Å². The molecule has 5 heteroatoms.